The number of amides is 1. The van der Waals surface area contributed by atoms with Crippen molar-refractivity contribution in [2.24, 2.45) is 0 Å². The highest BCUT2D eigenvalue weighted by atomic mass is 19.1. The minimum atomic E-state index is -0.731. The largest absolute Gasteiger partial charge is 0.378 e. The molecule has 1 amide bonds. The lowest BCUT2D eigenvalue weighted by molar-refractivity contribution is 0.0788. The van der Waals surface area contributed by atoms with Gasteiger partial charge >= 0.3 is 0 Å². The SMILES string of the molecule is CN(CCn1cccn1)C(=O)c1cc(F)c(N2CCOCC2)c(F)c1. The fraction of sp³-hybridized carbons (Fsp3) is 0.412. The second-order valence-electron chi connectivity index (χ2n) is 5.88. The van der Waals surface area contributed by atoms with Crippen molar-refractivity contribution in [1.29, 1.82) is 0 Å². The Morgan fingerprint density at radius 3 is 2.56 bits per heavy atom. The smallest absolute Gasteiger partial charge is 0.253 e. The van der Waals surface area contributed by atoms with Gasteiger partial charge in [0, 0.05) is 44.6 Å². The molecule has 3 rings (SSSR count). The van der Waals surface area contributed by atoms with E-state index in [0.29, 0.717) is 39.4 Å². The van der Waals surface area contributed by atoms with Crippen molar-refractivity contribution in [1.82, 2.24) is 14.7 Å². The number of nitrogens with zero attached hydrogens (tertiary/aromatic N) is 4. The van der Waals surface area contributed by atoms with Crippen LogP contribution in [0.2, 0.25) is 0 Å². The zero-order valence-electron chi connectivity index (χ0n) is 14.0. The maximum Gasteiger partial charge on any atom is 0.253 e. The van der Waals surface area contributed by atoms with Crippen molar-refractivity contribution in [2.75, 3.05) is 44.8 Å². The minimum absolute atomic E-state index is 0.00465. The first-order chi connectivity index (χ1) is 12.1. The van der Waals surface area contributed by atoms with E-state index in [0.717, 1.165) is 12.1 Å². The number of morpholine rings is 1. The number of carbonyl (C=O) groups excluding carboxylic acids is 1. The summed E-state index contributed by atoms with van der Waals surface area (Å²) >= 11 is 0. The van der Waals surface area contributed by atoms with E-state index in [2.05, 4.69) is 5.10 Å². The summed E-state index contributed by atoms with van der Waals surface area (Å²) in [6.07, 6.45) is 3.44. The minimum Gasteiger partial charge on any atom is -0.378 e. The highest BCUT2D eigenvalue weighted by Crippen LogP contribution is 2.26. The summed E-state index contributed by atoms with van der Waals surface area (Å²) in [7, 11) is 1.59. The maximum atomic E-state index is 14.4. The Bertz CT molecular complexity index is 707. The molecule has 1 fully saturated rings. The second kappa shape index (κ2) is 7.60. The van der Waals surface area contributed by atoms with E-state index in [9.17, 15) is 13.6 Å². The summed E-state index contributed by atoms with van der Waals surface area (Å²) in [6, 6.07) is 3.98. The van der Waals surface area contributed by atoms with Gasteiger partial charge in [0.1, 0.15) is 17.3 Å². The molecule has 0 bridgehead atoms. The van der Waals surface area contributed by atoms with Crippen LogP contribution in [0.5, 0.6) is 0 Å². The molecule has 6 nitrogen and oxygen atoms in total. The number of rotatable bonds is 5. The van der Waals surface area contributed by atoms with E-state index >= 15 is 0 Å². The number of hydrogen-bond acceptors (Lipinski definition) is 4. The number of carbonyl (C=O) groups is 1. The van der Waals surface area contributed by atoms with Gasteiger partial charge in [-0.15, -0.1) is 0 Å². The first kappa shape index (κ1) is 17.3. The standard InChI is InChI=1S/C17H20F2N4O2/c1-21(5-6-23-4-2-3-20-23)17(24)13-11-14(18)16(15(19)12-13)22-7-9-25-10-8-22/h2-4,11-12H,5-10H2,1H3. The Balaban J connectivity index is 1.72. The molecule has 0 aliphatic carbocycles. The normalized spacial score (nSPS) is 14.6. The van der Waals surface area contributed by atoms with E-state index in [1.165, 1.54) is 4.90 Å². The molecule has 0 atom stereocenters. The predicted octanol–water partition coefficient (Wildman–Crippen LogP) is 1.77. The highest BCUT2D eigenvalue weighted by molar-refractivity contribution is 5.94. The zero-order chi connectivity index (χ0) is 17.8. The van der Waals surface area contributed by atoms with Gasteiger partial charge in [-0.3, -0.25) is 9.48 Å². The summed E-state index contributed by atoms with van der Waals surface area (Å²) in [6.45, 7) is 2.59. The fourth-order valence-corrected chi connectivity index (χ4v) is 2.79. The second-order valence-corrected chi connectivity index (χ2v) is 5.88. The molecule has 8 heteroatoms. The van der Waals surface area contributed by atoms with Crippen LogP contribution in [-0.4, -0.2) is 60.5 Å². The quantitative estimate of drug-likeness (QED) is 0.825. The molecular formula is C17H20F2N4O2. The molecule has 25 heavy (non-hydrogen) atoms. The third-order valence-corrected chi connectivity index (χ3v) is 4.16. The van der Waals surface area contributed by atoms with Gasteiger partial charge in [-0.2, -0.15) is 5.10 Å². The van der Waals surface area contributed by atoms with Crippen LogP contribution in [0.3, 0.4) is 0 Å². The van der Waals surface area contributed by atoms with E-state index in [-0.39, 0.29) is 11.3 Å². The Morgan fingerprint density at radius 2 is 1.96 bits per heavy atom. The maximum absolute atomic E-state index is 14.4. The average molecular weight is 350 g/mol. The van der Waals surface area contributed by atoms with E-state index < -0.39 is 17.5 Å². The first-order valence-electron chi connectivity index (χ1n) is 8.11. The van der Waals surface area contributed by atoms with Crippen molar-refractivity contribution < 1.29 is 18.3 Å². The van der Waals surface area contributed by atoms with E-state index in [1.54, 1.807) is 35.1 Å². The van der Waals surface area contributed by atoms with E-state index in [1.807, 2.05) is 0 Å². The van der Waals surface area contributed by atoms with Crippen LogP contribution in [0.4, 0.5) is 14.5 Å². The molecule has 2 aromatic rings. The van der Waals surface area contributed by atoms with Crippen LogP contribution < -0.4 is 4.90 Å². The summed E-state index contributed by atoms with van der Waals surface area (Å²) < 4.78 is 35.7. The molecule has 1 aromatic heterocycles. The van der Waals surface area contributed by atoms with Crippen molar-refractivity contribution in [3.63, 3.8) is 0 Å². The molecular weight excluding hydrogens is 330 g/mol. The van der Waals surface area contributed by atoms with Crippen molar-refractivity contribution in [3.05, 3.63) is 47.8 Å². The Hall–Kier alpha value is -2.48. The first-order valence-corrected chi connectivity index (χ1v) is 8.11. The molecule has 2 heterocycles. The lowest BCUT2D eigenvalue weighted by Gasteiger charge is -2.29. The summed E-state index contributed by atoms with van der Waals surface area (Å²) in [5.41, 5.74) is -0.103. The number of aromatic nitrogens is 2. The summed E-state index contributed by atoms with van der Waals surface area (Å²) in [5.74, 6) is -1.89. The average Bonchev–Trinajstić information content (AvgIpc) is 3.13. The topological polar surface area (TPSA) is 50.6 Å². The Morgan fingerprint density at radius 1 is 1.28 bits per heavy atom. The molecule has 0 unspecified atom stereocenters. The molecule has 1 aliphatic heterocycles. The lowest BCUT2D eigenvalue weighted by atomic mass is 10.1. The predicted molar refractivity (Wildman–Crippen MR) is 88.6 cm³/mol. The summed E-state index contributed by atoms with van der Waals surface area (Å²) in [4.78, 5) is 15.4. The molecule has 1 saturated heterocycles. The van der Waals surface area contributed by atoms with E-state index in [4.69, 9.17) is 4.74 Å². The highest BCUT2D eigenvalue weighted by Gasteiger charge is 2.23. The van der Waals surface area contributed by atoms with Gasteiger partial charge in [-0.05, 0) is 18.2 Å². The van der Waals surface area contributed by atoms with Crippen LogP contribution in [0, 0.1) is 11.6 Å². The van der Waals surface area contributed by atoms with Gasteiger partial charge in [0.05, 0.1) is 19.8 Å². The van der Waals surface area contributed by atoms with Crippen LogP contribution in [0.25, 0.3) is 0 Å². The lowest BCUT2D eigenvalue weighted by Crippen LogP contribution is -2.37. The van der Waals surface area contributed by atoms with Crippen molar-refractivity contribution in [2.45, 2.75) is 6.54 Å². The monoisotopic (exact) mass is 350 g/mol. The molecule has 0 spiro atoms. The molecule has 0 radical (unpaired) electrons. The molecule has 1 aromatic carbocycles. The van der Waals surface area contributed by atoms with Crippen LogP contribution in [0.15, 0.2) is 30.6 Å². The van der Waals surface area contributed by atoms with Crippen LogP contribution >= 0.6 is 0 Å². The number of ether oxygens (including phenoxy) is 1. The number of likely N-dealkylation sites (N-methyl/N-ethyl adjacent to an activating group) is 1. The number of halogens is 2. The fourth-order valence-electron chi connectivity index (χ4n) is 2.79. The van der Waals surface area contributed by atoms with Gasteiger partial charge in [0.15, 0.2) is 0 Å². The number of hydrogen-bond donors (Lipinski definition) is 0. The third kappa shape index (κ3) is 3.96. The summed E-state index contributed by atoms with van der Waals surface area (Å²) in [5, 5.41) is 4.05. The van der Waals surface area contributed by atoms with Gasteiger partial charge in [0.2, 0.25) is 0 Å². The third-order valence-electron chi connectivity index (χ3n) is 4.16. The molecule has 134 valence electrons. The number of anilines is 1. The number of benzene rings is 1. The van der Waals surface area contributed by atoms with Crippen LogP contribution in [-0.2, 0) is 11.3 Å². The van der Waals surface area contributed by atoms with Crippen molar-refractivity contribution >= 4 is 11.6 Å². The van der Waals surface area contributed by atoms with Gasteiger partial charge in [0.25, 0.3) is 5.91 Å². The molecule has 0 N–H and O–H groups in total. The Kier molecular flexibility index (Phi) is 5.28. The zero-order valence-corrected chi connectivity index (χ0v) is 14.0. The van der Waals surface area contributed by atoms with Crippen LogP contribution in [0.1, 0.15) is 10.4 Å². The molecule has 1 aliphatic rings. The molecule has 0 saturated carbocycles. The van der Waals surface area contributed by atoms with Gasteiger partial charge in [-0.25, -0.2) is 8.78 Å². The van der Waals surface area contributed by atoms with Gasteiger partial charge < -0.3 is 14.5 Å². The van der Waals surface area contributed by atoms with Gasteiger partial charge in [-0.1, -0.05) is 0 Å². The van der Waals surface area contributed by atoms with Crippen molar-refractivity contribution in [3.8, 4) is 0 Å². The Labute approximate surface area is 144 Å².